The third kappa shape index (κ3) is 14.0. The van der Waals surface area contributed by atoms with E-state index in [1.165, 1.54) is 18.2 Å². The summed E-state index contributed by atoms with van der Waals surface area (Å²) >= 11 is 0. The molecule has 0 aromatic heterocycles. The molecule has 0 fully saturated rings. The number of amides is 3. The maximum Gasteiger partial charge on any atom is 0.248 e. The van der Waals surface area contributed by atoms with Crippen molar-refractivity contribution in [3.63, 3.8) is 0 Å². The second-order valence-corrected chi connectivity index (χ2v) is 13.6. The predicted octanol–water partition coefficient (Wildman–Crippen LogP) is 13.9. The zero-order valence-electron chi connectivity index (χ0n) is 33.7. The number of nitrogens with one attached hydrogen (secondary N) is 3. The van der Waals surface area contributed by atoms with Gasteiger partial charge < -0.3 is 16.0 Å². The molecule has 12 nitrogen and oxygen atoms in total. The standard InChI is InChI=1S/C51H39N9O3/c61-49(52-40-19-25-46(26-20-40)58-55-43-10-4-1-5-11-43)31-16-37-34-38(17-32-50(62)53-41-21-27-47(28-22-41)59-56-44-12-6-2-7-13-44)36-39(35-37)18-33-51(63)54-42-23-29-48(30-24-42)60-57-45-14-8-3-9-15-45/h1-36H,(H,52,61)(H,53,62)(H,54,63)/b31-16+,32-17+,33-18+,58-55?,59-56?,60-57?. The second kappa shape index (κ2) is 21.8. The Morgan fingerprint density at radius 3 is 0.762 bits per heavy atom. The van der Waals surface area contributed by atoms with Crippen LogP contribution in [0.4, 0.5) is 51.2 Å². The Hall–Kier alpha value is -9.03. The van der Waals surface area contributed by atoms with Crippen LogP contribution in [0.3, 0.4) is 0 Å². The number of benzene rings is 7. The SMILES string of the molecule is O=C(/C=C/c1cc(/C=C/C(=O)Nc2ccc(N=Nc3ccccc3)cc2)cc(/C=C/C(=O)Nc2ccc(N=Nc3ccccc3)cc2)c1)Nc1ccc(N=Nc2ccccc2)cc1. The Bertz CT molecular complexity index is 2500. The minimum absolute atomic E-state index is 0.356. The average molecular weight is 826 g/mol. The van der Waals surface area contributed by atoms with Crippen LogP contribution < -0.4 is 16.0 Å². The van der Waals surface area contributed by atoms with Crippen molar-refractivity contribution in [2.24, 2.45) is 30.7 Å². The summed E-state index contributed by atoms with van der Waals surface area (Å²) in [6.45, 7) is 0. The van der Waals surface area contributed by atoms with Crippen LogP contribution in [-0.4, -0.2) is 17.7 Å². The number of nitrogens with zero attached hydrogens (tertiary/aromatic N) is 6. The largest absolute Gasteiger partial charge is 0.323 e. The molecule has 0 heterocycles. The molecule has 0 aliphatic rings. The van der Waals surface area contributed by atoms with Crippen LogP contribution in [0.25, 0.3) is 18.2 Å². The first-order valence-electron chi connectivity index (χ1n) is 19.7. The maximum absolute atomic E-state index is 13.0. The topological polar surface area (TPSA) is 161 Å². The highest BCUT2D eigenvalue weighted by molar-refractivity contribution is 6.04. The monoisotopic (exact) mass is 825 g/mol. The maximum atomic E-state index is 13.0. The molecule has 0 aliphatic carbocycles. The molecule has 7 aromatic rings. The molecule has 63 heavy (non-hydrogen) atoms. The van der Waals surface area contributed by atoms with Crippen molar-refractivity contribution in [1.29, 1.82) is 0 Å². The van der Waals surface area contributed by atoms with Crippen molar-refractivity contribution in [3.05, 3.63) is 217 Å². The van der Waals surface area contributed by atoms with Crippen molar-refractivity contribution < 1.29 is 14.4 Å². The molecular formula is C51H39N9O3. The molecule has 7 rings (SSSR count). The highest BCUT2D eigenvalue weighted by Crippen LogP contribution is 2.24. The number of carbonyl (C=O) groups excluding carboxylic acids is 3. The molecule has 0 saturated heterocycles. The zero-order chi connectivity index (χ0) is 43.5. The van der Waals surface area contributed by atoms with E-state index in [0.29, 0.717) is 50.8 Å². The Morgan fingerprint density at radius 1 is 0.302 bits per heavy atom. The van der Waals surface area contributed by atoms with E-state index in [9.17, 15) is 14.4 Å². The minimum Gasteiger partial charge on any atom is -0.323 e. The van der Waals surface area contributed by atoms with Gasteiger partial charge in [0, 0.05) is 35.3 Å². The Kier molecular flexibility index (Phi) is 14.6. The Labute approximate surface area is 363 Å². The van der Waals surface area contributed by atoms with Crippen molar-refractivity contribution in [3.8, 4) is 0 Å². The molecular weight excluding hydrogens is 787 g/mol. The van der Waals surface area contributed by atoms with Gasteiger partial charge in [-0.25, -0.2) is 0 Å². The first-order valence-corrected chi connectivity index (χ1v) is 19.7. The number of rotatable bonds is 15. The van der Waals surface area contributed by atoms with Gasteiger partial charge in [0.25, 0.3) is 0 Å². The summed E-state index contributed by atoms with van der Waals surface area (Å²) in [4.78, 5) is 38.9. The van der Waals surface area contributed by atoms with Crippen molar-refractivity contribution in [1.82, 2.24) is 0 Å². The lowest BCUT2D eigenvalue weighted by atomic mass is 10.0. The van der Waals surface area contributed by atoms with E-state index >= 15 is 0 Å². The molecule has 3 N–H and O–H groups in total. The summed E-state index contributed by atoms with van der Waals surface area (Å²) in [6, 6.07) is 54.7. The second-order valence-electron chi connectivity index (χ2n) is 13.6. The van der Waals surface area contributed by atoms with Crippen molar-refractivity contribution in [2.75, 3.05) is 16.0 Å². The first-order chi connectivity index (χ1) is 30.9. The van der Waals surface area contributed by atoms with E-state index in [4.69, 9.17) is 0 Å². The van der Waals surface area contributed by atoms with Crippen molar-refractivity contribution >= 4 is 87.1 Å². The zero-order valence-corrected chi connectivity index (χ0v) is 33.7. The van der Waals surface area contributed by atoms with E-state index < -0.39 is 0 Å². The van der Waals surface area contributed by atoms with Gasteiger partial charge in [-0.3, -0.25) is 14.4 Å². The summed E-state index contributed by atoms with van der Waals surface area (Å²) in [7, 11) is 0. The first kappa shape index (κ1) is 42.1. The van der Waals surface area contributed by atoms with Crippen LogP contribution in [-0.2, 0) is 14.4 Å². The van der Waals surface area contributed by atoms with Gasteiger partial charge in [0.2, 0.25) is 17.7 Å². The number of hydrogen-bond donors (Lipinski definition) is 3. The van der Waals surface area contributed by atoms with Gasteiger partial charge >= 0.3 is 0 Å². The molecule has 0 aliphatic heterocycles. The smallest absolute Gasteiger partial charge is 0.248 e. The predicted molar refractivity (Wildman–Crippen MR) is 251 cm³/mol. The van der Waals surface area contributed by atoms with E-state index in [1.54, 1.807) is 91.0 Å². The summed E-state index contributed by atoms with van der Waals surface area (Å²) in [6.07, 6.45) is 9.18. The fourth-order valence-electron chi connectivity index (χ4n) is 5.72. The molecule has 3 amide bonds. The van der Waals surface area contributed by atoms with Gasteiger partial charge in [-0.2, -0.15) is 30.7 Å². The number of anilines is 3. The van der Waals surface area contributed by atoms with Gasteiger partial charge in [-0.15, -0.1) is 0 Å². The number of hydrogen-bond acceptors (Lipinski definition) is 9. The normalized spacial score (nSPS) is 11.6. The number of carbonyl (C=O) groups is 3. The van der Waals surface area contributed by atoms with Gasteiger partial charge in [0.15, 0.2) is 0 Å². The summed E-state index contributed by atoms with van der Waals surface area (Å²) in [5.41, 5.74) is 7.84. The van der Waals surface area contributed by atoms with Crippen molar-refractivity contribution in [2.45, 2.75) is 0 Å². The summed E-state index contributed by atoms with van der Waals surface area (Å²) in [5.74, 6) is -1.07. The molecule has 0 unspecified atom stereocenters. The molecule has 0 spiro atoms. The van der Waals surface area contributed by atoms with Gasteiger partial charge in [-0.1, -0.05) is 54.6 Å². The summed E-state index contributed by atoms with van der Waals surface area (Å²) < 4.78 is 0. The van der Waals surface area contributed by atoms with Gasteiger partial charge in [-0.05, 0) is 162 Å². The molecule has 306 valence electrons. The quantitative estimate of drug-likeness (QED) is 0.0694. The molecule has 7 aromatic carbocycles. The lowest BCUT2D eigenvalue weighted by Gasteiger charge is -2.05. The lowest BCUT2D eigenvalue weighted by Crippen LogP contribution is -2.07. The van der Waals surface area contributed by atoms with Crippen LogP contribution >= 0.6 is 0 Å². The highest BCUT2D eigenvalue weighted by Gasteiger charge is 2.04. The van der Waals surface area contributed by atoms with Crippen LogP contribution in [0.1, 0.15) is 16.7 Å². The van der Waals surface area contributed by atoms with Crippen LogP contribution in [0.5, 0.6) is 0 Å². The van der Waals surface area contributed by atoms with E-state index in [2.05, 4.69) is 46.6 Å². The Balaban J connectivity index is 1.01. The van der Waals surface area contributed by atoms with Crippen LogP contribution in [0.2, 0.25) is 0 Å². The van der Waals surface area contributed by atoms with Crippen LogP contribution in [0, 0.1) is 0 Å². The average Bonchev–Trinajstić information content (AvgIpc) is 3.32. The summed E-state index contributed by atoms with van der Waals surface area (Å²) in [5, 5.41) is 33.9. The van der Waals surface area contributed by atoms with Crippen LogP contribution in [0.15, 0.2) is 231 Å². The molecule has 0 saturated carbocycles. The van der Waals surface area contributed by atoms with E-state index in [1.807, 2.05) is 109 Å². The molecule has 0 bridgehead atoms. The lowest BCUT2D eigenvalue weighted by molar-refractivity contribution is -0.112. The molecule has 0 radical (unpaired) electrons. The Morgan fingerprint density at radius 2 is 0.524 bits per heavy atom. The fourth-order valence-corrected chi connectivity index (χ4v) is 5.72. The minimum atomic E-state index is -0.356. The number of azo groups is 3. The third-order valence-electron chi connectivity index (χ3n) is 8.80. The van der Waals surface area contributed by atoms with E-state index in [-0.39, 0.29) is 17.7 Å². The van der Waals surface area contributed by atoms with E-state index in [0.717, 1.165) is 17.1 Å². The molecule has 12 heteroatoms. The third-order valence-corrected chi connectivity index (χ3v) is 8.80. The van der Waals surface area contributed by atoms with Gasteiger partial charge in [0.1, 0.15) is 0 Å². The molecule has 0 atom stereocenters. The fraction of sp³-hybridized carbons (Fsp3) is 0. The highest BCUT2D eigenvalue weighted by atomic mass is 16.2. The van der Waals surface area contributed by atoms with Gasteiger partial charge in [0.05, 0.1) is 34.1 Å².